The second-order valence-electron chi connectivity index (χ2n) is 1.93. The van der Waals surface area contributed by atoms with Gasteiger partial charge in [-0.05, 0) is 6.42 Å². The predicted octanol–water partition coefficient (Wildman–Crippen LogP) is 0.897. The Bertz CT molecular complexity index is 98.2. The Labute approximate surface area is 49.9 Å². The van der Waals surface area contributed by atoms with Gasteiger partial charge in [-0.25, -0.2) is 0 Å². The molecular formula is C4H13N2OP. The summed E-state index contributed by atoms with van der Waals surface area (Å²) in [5.41, 5.74) is 10.1. The molecular weight excluding hydrogens is 123 g/mol. The van der Waals surface area contributed by atoms with Crippen LogP contribution in [0.1, 0.15) is 19.8 Å². The highest BCUT2D eigenvalue weighted by molar-refractivity contribution is 7.58. The maximum absolute atomic E-state index is 10.5. The third kappa shape index (κ3) is 6.15. The van der Waals surface area contributed by atoms with Gasteiger partial charge >= 0.3 is 0 Å². The zero-order chi connectivity index (χ0) is 6.62. The first-order valence-corrected chi connectivity index (χ1v) is 4.75. The summed E-state index contributed by atoms with van der Waals surface area (Å²) in [4.78, 5) is 0. The second kappa shape index (κ2) is 3.23. The van der Waals surface area contributed by atoms with Crippen LogP contribution in [0.4, 0.5) is 0 Å². The summed E-state index contributed by atoms with van der Waals surface area (Å²) < 4.78 is 10.5. The molecule has 0 radical (unpaired) electrons. The molecule has 0 aromatic carbocycles. The monoisotopic (exact) mass is 136 g/mol. The van der Waals surface area contributed by atoms with Crippen molar-refractivity contribution in [2.45, 2.75) is 19.8 Å². The minimum absolute atomic E-state index is 0.476. The highest BCUT2D eigenvalue weighted by Crippen LogP contribution is 2.25. The standard InChI is InChI=1S/C4H13N2OP/c1-2-3-4-8(5,6)7/h2-4H2,1H3,(H4,5,6,7). The molecule has 50 valence electrons. The summed E-state index contributed by atoms with van der Waals surface area (Å²) in [6, 6.07) is 0. The zero-order valence-electron chi connectivity index (χ0n) is 5.13. The predicted molar refractivity (Wildman–Crippen MR) is 35.8 cm³/mol. The van der Waals surface area contributed by atoms with Gasteiger partial charge in [0.2, 0.25) is 7.44 Å². The van der Waals surface area contributed by atoms with Crippen LogP contribution in [0.15, 0.2) is 0 Å². The van der Waals surface area contributed by atoms with Crippen molar-refractivity contribution in [2.24, 2.45) is 11.0 Å². The van der Waals surface area contributed by atoms with Gasteiger partial charge in [-0.2, -0.15) is 0 Å². The van der Waals surface area contributed by atoms with E-state index in [0.29, 0.717) is 6.16 Å². The van der Waals surface area contributed by atoms with Crippen molar-refractivity contribution < 1.29 is 4.57 Å². The zero-order valence-corrected chi connectivity index (χ0v) is 6.03. The van der Waals surface area contributed by atoms with E-state index in [4.69, 9.17) is 11.0 Å². The fourth-order valence-electron chi connectivity index (χ4n) is 0.405. The van der Waals surface area contributed by atoms with E-state index in [9.17, 15) is 4.57 Å². The molecule has 0 aliphatic rings. The first-order chi connectivity index (χ1) is 3.56. The van der Waals surface area contributed by atoms with Gasteiger partial charge in [0.1, 0.15) is 0 Å². The van der Waals surface area contributed by atoms with E-state index in [1.807, 2.05) is 6.92 Å². The van der Waals surface area contributed by atoms with Crippen LogP contribution in [-0.2, 0) is 4.57 Å². The molecule has 0 aliphatic heterocycles. The third-order valence-electron chi connectivity index (χ3n) is 0.861. The summed E-state index contributed by atoms with van der Waals surface area (Å²) in [6.45, 7) is 2.01. The second-order valence-corrected chi connectivity index (χ2v) is 4.09. The average Bonchev–Trinajstić information content (AvgIpc) is 1.59. The topological polar surface area (TPSA) is 69.1 Å². The lowest BCUT2D eigenvalue weighted by Crippen LogP contribution is -2.07. The first kappa shape index (κ1) is 8.15. The summed E-state index contributed by atoms with van der Waals surface area (Å²) >= 11 is 0. The summed E-state index contributed by atoms with van der Waals surface area (Å²) in [5, 5.41) is 0. The van der Waals surface area contributed by atoms with Gasteiger partial charge in [0.05, 0.1) is 0 Å². The van der Waals surface area contributed by atoms with Crippen LogP contribution >= 0.6 is 7.44 Å². The molecule has 0 aromatic heterocycles. The Morgan fingerprint density at radius 3 is 2.12 bits per heavy atom. The lowest BCUT2D eigenvalue weighted by Gasteiger charge is -2.02. The fourth-order valence-corrected chi connectivity index (χ4v) is 1.22. The van der Waals surface area contributed by atoms with Crippen LogP contribution in [-0.4, -0.2) is 6.16 Å². The van der Waals surface area contributed by atoms with Gasteiger partial charge in [0, 0.05) is 6.16 Å². The third-order valence-corrected chi connectivity index (χ3v) is 1.88. The molecule has 0 amide bonds. The molecule has 3 nitrogen and oxygen atoms in total. The van der Waals surface area contributed by atoms with Crippen LogP contribution in [0.5, 0.6) is 0 Å². The van der Waals surface area contributed by atoms with E-state index in [0.717, 1.165) is 12.8 Å². The van der Waals surface area contributed by atoms with Gasteiger partial charge < -0.3 is 0 Å². The Morgan fingerprint density at radius 2 is 2.00 bits per heavy atom. The number of rotatable bonds is 3. The van der Waals surface area contributed by atoms with Crippen LogP contribution in [0.3, 0.4) is 0 Å². The summed E-state index contributed by atoms with van der Waals surface area (Å²) in [7, 11) is -2.68. The Balaban J connectivity index is 3.26. The molecule has 0 saturated carbocycles. The van der Waals surface area contributed by atoms with Gasteiger partial charge in [-0.3, -0.25) is 15.6 Å². The van der Waals surface area contributed by atoms with Crippen molar-refractivity contribution in [3.05, 3.63) is 0 Å². The van der Waals surface area contributed by atoms with Crippen LogP contribution in [0, 0.1) is 0 Å². The van der Waals surface area contributed by atoms with Crippen molar-refractivity contribution >= 4 is 7.44 Å². The van der Waals surface area contributed by atoms with Crippen molar-refractivity contribution in [3.63, 3.8) is 0 Å². The Morgan fingerprint density at radius 1 is 1.50 bits per heavy atom. The van der Waals surface area contributed by atoms with Crippen molar-refractivity contribution in [1.29, 1.82) is 0 Å². The minimum atomic E-state index is -2.68. The van der Waals surface area contributed by atoms with E-state index in [-0.39, 0.29) is 0 Å². The molecule has 0 fully saturated rings. The number of nitrogens with two attached hydrogens (primary N) is 2. The molecule has 4 heteroatoms. The largest absolute Gasteiger partial charge is 0.290 e. The molecule has 0 spiro atoms. The van der Waals surface area contributed by atoms with Gasteiger partial charge in [0.25, 0.3) is 0 Å². The molecule has 0 rings (SSSR count). The minimum Gasteiger partial charge on any atom is -0.290 e. The molecule has 0 unspecified atom stereocenters. The van der Waals surface area contributed by atoms with E-state index in [1.165, 1.54) is 0 Å². The molecule has 0 bridgehead atoms. The highest BCUT2D eigenvalue weighted by atomic mass is 31.2. The van der Waals surface area contributed by atoms with Crippen molar-refractivity contribution in [1.82, 2.24) is 0 Å². The maximum atomic E-state index is 10.5. The SMILES string of the molecule is CCCCP(N)(N)=O. The van der Waals surface area contributed by atoms with E-state index >= 15 is 0 Å². The van der Waals surface area contributed by atoms with Crippen molar-refractivity contribution in [2.75, 3.05) is 6.16 Å². The summed E-state index contributed by atoms with van der Waals surface area (Å²) in [5.74, 6) is 0. The number of unbranched alkanes of at least 4 members (excludes halogenated alkanes) is 1. The van der Waals surface area contributed by atoms with Gasteiger partial charge in [-0.1, -0.05) is 13.3 Å². The lowest BCUT2D eigenvalue weighted by molar-refractivity contribution is 0.574. The van der Waals surface area contributed by atoms with Gasteiger partial charge in [-0.15, -0.1) is 0 Å². The molecule has 0 saturated heterocycles. The maximum Gasteiger partial charge on any atom is 0.206 e. The van der Waals surface area contributed by atoms with Crippen LogP contribution < -0.4 is 11.0 Å². The van der Waals surface area contributed by atoms with Crippen LogP contribution in [0.25, 0.3) is 0 Å². The lowest BCUT2D eigenvalue weighted by atomic mass is 10.4. The van der Waals surface area contributed by atoms with Crippen LogP contribution in [0.2, 0.25) is 0 Å². The first-order valence-electron chi connectivity index (χ1n) is 2.72. The Kier molecular flexibility index (Phi) is 3.29. The van der Waals surface area contributed by atoms with Gasteiger partial charge in [0.15, 0.2) is 0 Å². The molecule has 4 N–H and O–H groups in total. The van der Waals surface area contributed by atoms with E-state index in [1.54, 1.807) is 0 Å². The summed E-state index contributed by atoms with van der Waals surface area (Å²) in [6.07, 6.45) is 2.34. The molecule has 8 heavy (non-hydrogen) atoms. The average molecular weight is 136 g/mol. The smallest absolute Gasteiger partial charge is 0.206 e. The number of hydrogen-bond donors (Lipinski definition) is 2. The molecule has 0 aliphatic carbocycles. The highest BCUT2D eigenvalue weighted by Gasteiger charge is 2.04. The molecule has 0 aromatic rings. The molecule has 0 heterocycles. The quantitative estimate of drug-likeness (QED) is 0.566. The Hall–Kier alpha value is 0.150. The normalized spacial score (nSPS) is 11.9. The van der Waals surface area contributed by atoms with E-state index in [2.05, 4.69) is 0 Å². The van der Waals surface area contributed by atoms with Crippen molar-refractivity contribution in [3.8, 4) is 0 Å². The van der Waals surface area contributed by atoms with E-state index < -0.39 is 7.44 Å². The fraction of sp³-hybridized carbons (Fsp3) is 1.00. The molecule has 0 atom stereocenters. The number of hydrogen-bond acceptors (Lipinski definition) is 1.